The van der Waals surface area contributed by atoms with Gasteiger partial charge in [0.05, 0.1) is 11.6 Å². The molecule has 4 saturated carbocycles. The van der Waals surface area contributed by atoms with Crippen molar-refractivity contribution in [3.8, 4) is 6.07 Å². The molecule has 1 amide bonds. The fourth-order valence-electron chi connectivity index (χ4n) is 5.52. The topological polar surface area (TPSA) is 78.9 Å². The third kappa shape index (κ3) is 2.21. The number of nitriles is 1. The van der Waals surface area contributed by atoms with Crippen LogP contribution in [0.15, 0.2) is 24.3 Å². The molecule has 0 saturated heterocycles. The summed E-state index contributed by atoms with van der Waals surface area (Å²) in [7, 11) is 0. The lowest BCUT2D eigenvalue weighted by Gasteiger charge is -2.61. The number of benzene rings is 1. The second-order valence-corrected chi connectivity index (χ2v) is 7.75. The molecular formula is C18H21N3O. The normalized spacial score (nSPS) is 38.5. The molecule has 0 aliphatic heterocycles. The molecule has 1 aromatic rings. The van der Waals surface area contributed by atoms with Crippen LogP contribution < -0.4 is 11.1 Å². The Morgan fingerprint density at radius 2 is 2.00 bits per heavy atom. The number of amides is 1. The van der Waals surface area contributed by atoms with E-state index in [2.05, 4.69) is 11.4 Å². The maximum atomic E-state index is 12.6. The lowest BCUT2D eigenvalue weighted by molar-refractivity contribution is -0.0320. The van der Waals surface area contributed by atoms with Gasteiger partial charge in [-0.3, -0.25) is 4.79 Å². The van der Waals surface area contributed by atoms with Gasteiger partial charge in [-0.2, -0.15) is 5.26 Å². The Morgan fingerprint density at radius 1 is 1.27 bits per heavy atom. The summed E-state index contributed by atoms with van der Waals surface area (Å²) in [6.45, 7) is 0. The van der Waals surface area contributed by atoms with Gasteiger partial charge in [-0.25, -0.2) is 0 Å². The van der Waals surface area contributed by atoms with Gasteiger partial charge >= 0.3 is 0 Å². The largest absolute Gasteiger partial charge is 0.347 e. The Hall–Kier alpha value is -1.86. The average molecular weight is 295 g/mol. The smallest absolute Gasteiger partial charge is 0.251 e. The maximum absolute atomic E-state index is 12.6. The number of nitrogens with two attached hydrogens (primary N) is 1. The van der Waals surface area contributed by atoms with Gasteiger partial charge in [-0.1, -0.05) is 6.07 Å². The van der Waals surface area contributed by atoms with E-state index in [1.807, 2.05) is 0 Å². The van der Waals surface area contributed by atoms with E-state index in [1.165, 1.54) is 6.42 Å². The molecule has 0 radical (unpaired) electrons. The zero-order valence-electron chi connectivity index (χ0n) is 12.6. The van der Waals surface area contributed by atoms with Crippen molar-refractivity contribution in [2.75, 3.05) is 0 Å². The molecule has 5 rings (SSSR count). The maximum Gasteiger partial charge on any atom is 0.251 e. The van der Waals surface area contributed by atoms with Crippen LogP contribution in [-0.4, -0.2) is 17.0 Å². The van der Waals surface area contributed by atoms with Crippen molar-refractivity contribution in [1.82, 2.24) is 5.32 Å². The van der Waals surface area contributed by atoms with E-state index >= 15 is 0 Å². The summed E-state index contributed by atoms with van der Waals surface area (Å²) in [6, 6.07) is 9.00. The van der Waals surface area contributed by atoms with E-state index in [0.717, 1.165) is 32.1 Å². The molecule has 4 aliphatic rings. The Bertz CT molecular complexity index is 661. The number of hydrogen-bond donors (Lipinski definition) is 2. The highest BCUT2D eigenvalue weighted by Crippen LogP contribution is 2.56. The zero-order valence-corrected chi connectivity index (χ0v) is 12.6. The highest BCUT2D eigenvalue weighted by atomic mass is 16.1. The van der Waals surface area contributed by atoms with E-state index in [9.17, 15) is 4.79 Å². The third-order valence-electron chi connectivity index (χ3n) is 5.74. The summed E-state index contributed by atoms with van der Waals surface area (Å²) in [5, 5.41) is 12.3. The average Bonchev–Trinajstić information content (AvgIpc) is 2.44. The molecular weight excluding hydrogens is 274 g/mol. The summed E-state index contributed by atoms with van der Waals surface area (Å²) >= 11 is 0. The molecule has 4 nitrogen and oxygen atoms in total. The first kappa shape index (κ1) is 13.8. The van der Waals surface area contributed by atoms with Gasteiger partial charge < -0.3 is 11.1 Å². The number of carbonyl (C=O) groups is 1. The monoisotopic (exact) mass is 295 g/mol. The van der Waals surface area contributed by atoms with Crippen LogP contribution in [0.1, 0.15) is 54.4 Å². The number of nitrogens with zero attached hydrogens (tertiary/aromatic N) is 1. The minimum atomic E-state index is -0.126. The van der Waals surface area contributed by atoms with Gasteiger partial charge in [0.1, 0.15) is 0 Å². The highest BCUT2D eigenvalue weighted by Gasteiger charge is 2.56. The molecule has 0 aromatic heterocycles. The molecule has 2 atom stereocenters. The Balaban J connectivity index is 1.58. The molecule has 4 fully saturated rings. The van der Waals surface area contributed by atoms with Gasteiger partial charge in [0.15, 0.2) is 0 Å². The predicted molar refractivity (Wildman–Crippen MR) is 83.0 cm³/mol. The van der Waals surface area contributed by atoms with E-state index < -0.39 is 0 Å². The predicted octanol–water partition coefficient (Wildman–Crippen LogP) is 2.34. The van der Waals surface area contributed by atoms with Crippen molar-refractivity contribution < 1.29 is 4.79 Å². The number of rotatable bonds is 2. The van der Waals surface area contributed by atoms with Crippen LogP contribution in [-0.2, 0) is 0 Å². The Morgan fingerprint density at radius 3 is 2.64 bits per heavy atom. The van der Waals surface area contributed by atoms with E-state index in [-0.39, 0.29) is 17.0 Å². The van der Waals surface area contributed by atoms with Gasteiger partial charge in [-0.15, -0.1) is 0 Å². The first-order chi connectivity index (χ1) is 10.5. The van der Waals surface area contributed by atoms with Crippen LogP contribution in [0.2, 0.25) is 0 Å². The van der Waals surface area contributed by atoms with Gasteiger partial charge in [0.2, 0.25) is 0 Å². The van der Waals surface area contributed by atoms with E-state index in [1.54, 1.807) is 24.3 Å². The Labute approximate surface area is 130 Å². The molecule has 2 unspecified atom stereocenters. The third-order valence-corrected chi connectivity index (χ3v) is 5.74. The summed E-state index contributed by atoms with van der Waals surface area (Å²) in [4.78, 5) is 12.6. The van der Waals surface area contributed by atoms with Crippen molar-refractivity contribution in [3.63, 3.8) is 0 Å². The van der Waals surface area contributed by atoms with Crippen molar-refractivity contribution in [2.24, 2.45) is 17.6 Å². The van der Waals surface area contributed by atoms with Crippen molar-refractivity contribution in [1.29, 1.82) is 5.26 Å². The first-order valence-electron chi connectivity index (χ1n) is 8.11. The quantitative estimate of drug-likeness (QED) is 0.879. The molecule has 22 heavy (non-hydrogen) atoms. The fraction of sp³-hybridized carbons (Fsp3) is 0.556. The van der Waals surface area contributed by atoms with E-state index in [4.69, 9.17) is 11.0 Å². The standard InChI is InChI=1S/C18H21N3O/c19-10-12-2-1-3-15(5-12)16(22)21-18-8-13-4-14(9-18)7-17(20,6-13)11-18/h1-3,5,13-14H,4,6-9,11,20H2,(H,21,22). The van der Waals surface area contributed by atoms with Crippen LogP contribution in [0.4, 0.5) is 0 Å². The van der Waals surface area contributed by atoms with Crippen LogP contribution >= 0.6 is 0 Å². The molecule has 114 valence electrons. The minimum Gasteiger partial charge on any atom is -0.347 e. The number of hydrogen-bond acceptors (Lipinski definition) is 3. The van der Waals surface area contributed by atoms with Crippen LogP contribution in [0, 0.1) is 23.2 Å². The van der Waals surface area contributed by atoms with Gasteiger partial charge in [0.25, 0.3) is 5.91 Å². The van der Waals surface area contributed by atoms with Crippen molar-refractivity contribution in [2.45, 2.75) is 49.6 Å². The molecule has 4 aliphatic carbocycles. The lowest BCUT2D eigenvalue weighted by Crippen LogP contribution is -2.68. The highest BCUT2D eigenvalue weighted by molar-refractivity contribution is 5.95. The Kier molecular flexibility index (Phi) is 2.86. The molecule has 0 spiro atoms. The molecule has 4 bridgehead atoms. The lowest BCUT2D eigenvalue weighted by atomic mass is 9.50. The van der Waals surface area contributed by atoms with Crippen LogP contribution in [0.5, 0.6) is 0 Å². The minimum absolute atomic E-state index is 0.0670. The van der Waals surface area contributed by atoms with Crippen molar-refractivity contribution >= 4 is 5.91 Å². The number of carbonyl (C=O) groups excluding carboxylic acids is 1. The summed E-state index contributed by atoms with van der Waals surface area (Å²) in [5.41, 5.74) is 7.46. The van der Waals surface area contributed by atoms with Gasteiger partial charge in [-0.05, 0) is 68.6 Å². The van der Waals surface area contributed by atoms with Crippen LogP contribution in [0.3, 0.4) is 0 Å². The summed E-state index contributed by atoms with van der Waals surface area (Å²) < 4.78 is 0. The second kappa shape index (κ2) is 4.57. The molecule has 3 N–H and O–H groups in total. The van der Waals surface area contributed by atoms with Gasteiger partial charge in [0, 0.05) is 16.6 Å². The molecule has 4 heteroatoms. The van der Waals surface area contributed by atoms with E-state index in [0.29, 0.717) is 23.0 Å². The SMILES string of the molecule is N#Cc1cccc(C(=O)NC23CC4CC(CC(N)(C4)C2)C3)c1. The summed E-state index contributed by atoms with van der Waals surface area (Å²) in [6.07, 6.45) is 6.53. The van der Waals surface area contributed by atoms with Crippen molar-refractivity contribution in [3.05, 3.63) is 35.4 Å². The molecule has 0 heterocycles. The fourth-order valence-corrected chi connectivity index (χ4v) is 5.52. The second-order valence-electron chi connectivity index (χ2n) is 7.75. The first-order valence-corrected chi connectivity index (χ1v) is 8.11. The van der Waals surface area contributed by atoms with Crippen LogP contribution in [0.25, 0.3) is 0 Å². The zero-order chi connectivity index (χ0) is 15.4. The summed E-state index contributed by atoms with van der Waals surface area (Å²) in [5.74, 6) is 1.26. The molecule has 1 aromatic carbocycles. The number of nitrogens with one attached hydrogen (secondary N) is 1.